The molecule has 0 amide bonds. The van der Waals surface area contributed by atoms with Crippen LogP contribution in [-0.4, -0.2) is 27.0 Å². The zero-order chi connectivity index (χ0) is 10.1. The van der Waals surface area contributed by atoms with Crippen LogP contribution < -0.4 is 0 Å². The van der Waals surface area contributed by atoms with Crippen molar-refractivity contribution in [2.75, 3.05) is 0 Å². The third-order valence-electron chi connectivity index (χ3n) is 1.94. The smallest absolute Gasteiger partial charge is 0.335 e. The highest BCUT2D eigenvalue weighted by Gasteiger charge is 2.06. The highest BCUT2D eigenvalue weighted by molar-refractivity contribution is 5.93. The SMILES string of the molecule is O=Cn1cnc2ccc(C(=O)O)cc21. The molecular weight excluding hydrogens is 184 g/mol. The van der Waals surface area contributed by atoms with E-state index in [1.165, 1.54) is 23.0 Å². The molecule has 1 heterocycles. The summed E-state index contributed by atoms with van der Waals surface area (Å²) in [5.41, 5.74) is 1.24. The van der Waals surface area contributed by atoms with E-state index in [2.05, 4.69) is 4.98 Å². The Morgan fingerprint density at radius 3 is 2.93 bits per heavy atom. The first-order valence-corrected chi connectivity index (χ1v) is 3.87. The molecule has 2 rings (SSSR count). The summed E-state index contributed by atoms with van der Waals surface area (Å²) in [5, 5.41) is 8.73. The minimum atomic E-state index is -1.02. The molecule has 0 fully saturated rings. The molecule has 0 radical (unpaired) electrons. The number of aromatic carboxylic acids is 1. The van der Waals surface area contributed by atoms with Crippen LogP contribution in [0.5, 0.6) is 0 Å². The highest BCUT2D eigenvalue weighted by Crippen LogP contribution is 2.13. The fourth-order valence-electron chi connectivity index (χ4n) is 1.24. The topological polar surface area (TPSA) is 72.2 Å². The first-order valence-electron chi connectivity index (χ1n) is 3.87. The summed E-state index contributed by atoms with van der Waals surface area (Å²) in [4.78, 5) is 25.1. The van der Waals surface area contributed by atoms with Crippen LogP contribution in [-0.2, 0) is 4.79 Å². The molecule has 2 aromatic rings. The maximum absolute atomic E-state index is 10.6. The van der Waals surface area contributed by atoms with Crippen molar-refractivity contribution in [3.05, 3.63) is 30.1 Å². The van der Waals surface area contributed by atoms with Crippen molar-refractivity contribution in [3.63, 3.8) is 0 Å². The van der Waals surface area contributed by atoms with Gasteiger partial charge in [0.1, 0.15) is 6.33 Å². The first kappa shape index (κ1) is 8.43. The van der Waals surface area contributed by atoms with Crippen LogP contribution in [0.4, 0.5) is 0 Å². The Balaban J connectivity index is 2.73. The molecule has 1 aromatic carbocycles. The average Bonchev–Trinajstić information content (AvgIpc) is 2.59. The van der Waals surface area contributed by atoms with Crippen LogP contribution >= 0.6 is 0 Å². The second-order valence-electron chi connectivity index (χ2n) is 2.77. The summed E-state index contributed by atoms with van der Waals surface area (Å²) in [7, 11) is 0. The molecule has 1 N–H and O–H groups in total. The Kier molecular flexibility index (Phi) is 1.78. The number of aromatic nitrogens is 2. The van der Waals surface area contributed by atoms with Gasteiger partial charge in [0, 0.05) is 0 Å². The Hall–Kier alpha value is -2.17. The number of carbonyl (C=O) groups is 2. The molecule has 0 aliphatic carbocycles. The van der Waals surface area contributed by atoms with Gasteiger partial charge in [-0.1, -0.05) is 0 Å². The van der Waals surface area contributed by atoms with Gasteiger partial charge in [0.2, 0.25) is 6.41 Å². The largest absolute Gasteiger partial charge is 0.478 e. The lowest BCUT2D eigenvalue weighted by Crippen LogP contribution is -1.97. The van der Waals surface area contributed by atoms with Gasteiger partial charge in [-0.05, 0) is 18.2 Å². The van der Waals surface area contributed by atoms with Crippen molar-refractivity contribution in [1.82, 2.24) is 9.55 Å². The minimum Gasteiger partial charge on any atom is -0.478 e. The number of benzene rings is 1. The molecule has 70 valence electrons. The summed E-state index contributed by atoms with van der Waals surface area (Å²) in [6, 6.07) is 4.44. The number of carboxylic acids is 1. The maximum atomic E-state index is 10.6. The molecule has 0 saturated carbocycles. The lowest BCUT2D eigenvalue weighted by molar-refractivity contribution is 0.0697. The third kappa shape index (κ3) is 1.15. The van der Waals surface area contributed by atoms with Crippen LogP contribution in [0.2, 0.25) is 0 Å². The van der Waals surface area contributed by atoms with Crippen LogP contribution in [0.15, 0.2) is 24.5 Å². The van der Waals surface area contributed by atoms with E-state index in [1.54, 1.807) is 6.07 Å². The molecule has 1 aromatic heterocycles. The second-order valence-corrected chi connectivity index (χ2v) is 2.77. The van der Waals surface area contributed by atoms with Gasteiger partial charge in [-0.15, -0.1) is 0 Å². The minimum absolute atomic E-state index is 0.140. The molecule has 0 aliphatic rings. The van der Waals surface area contributed by atoms with Gasteiger partial charge in [0.05, 0.1) is 16.6 Å². The Morgan fingerprint density at radius 1 is 1.50 bits per heavy atom. The van der Waals surface area contributed by atoms with Gasteiger partial charge < -0.3 is 5.11 Å². The molecule has 0 atom stereocenters. The second kappa shape index (κ2) is 2.95. The standard InChI is InChI=1S/C9H6N2O3/c12-5-11-4-10-7-2-1-6(9(13)14)3-8(7)11/h1-5H,(H,13,14). The number of nitrogens with zero attached hydrogens (tertiary/aromatic N) is 2. The molecular formula is C9H6N2O3. The van der Waals surface area contributed by atoms with Gasteiger partial charge in [0.15, 0.2) is 0 Å². The number of carboxylic acid groups (broad SMARTS) is 1. The summed E-state index contributed by atoms with van der Waals surface area (Å²) in [6.45, 7) is 0. The lowest BCUT2D eigenvalue weighted by Gasteiger charge is -1.95. The molecule has 5 nitrogen and oxygen atoms in total. The molecule has 14 heavy (non-hydrogen) atoms. The zero-order valence-electron chi connectivity index (χ0n) is 7.04. The van der Waals surface area contributed by atoms with Gasteiger partial charge in [-0.2, -0.15) is 0 Å². The highest BCUT2D eigenvalue weighted by atomic mass is 16.4. The van der Waals surface area contributed by atoms with E-state index in [9.17, 15) is 9.59 Å². The lowest BCUT2D eigenvalue weighted by atomic mass is 10.2. The van der Waals surface area contributed by atoms with E-state index >= 15 is 0 Å². The molecule has 0 spiro atoms. The Morgan fingerprint density at radius 2 is 2.29 bits per heavy atom. The van der Waals surface area contributed by atoms with Crippen LogP contribution in [0, 0.1) is 0 Å². The van der Waals surface area contributed by atoms with E-state index in [0.29, 0.717) is 17.4 Å². The van der Waals surface area contributed by atoms with E-state index in [1.807, 2.05) is 0 Å². The maximum Gasteiger partial charge on any atom is 0.335 e. The number of fused-ring (bicyclic) bond motifs is 1. The summed E-state index contributed by atoms with van der Waals surface area (Å²) in [5.74, 6) is -1.02. The normalized spacial score (nSPS) is 10.3. The molecule has 0 aliphatic heterocycles. The summed E-state index contributed by atoms with van der Waals surface area (Å²) >= 11 is 0. The molecule has 0 bridgehead atoms. The monoisotopic (exact) mass is 190 g/mol. The van der Waals surface area contributed by atoms with Gasteiger partial charge in [-0.3, -0.25) is 9.36 Å². The Bertz CT molecular complexity index is 516. The van der Waals surface area contributed by atoms with Crippen molar-refractivity contribution < 1.29 is 14.7 Å². The van der Waals surface area contributed by atoms with E-state index in [0.717, 1.165) is 0 Å². The van der Waals surface area contributed by atoms with E-state index < -0.39 is 5.97 Å². The van der Waals surface area contributed by atoms with E-state index in [-0.39, 0.29) is 5.56 Å². The Labute approximate surface area is 78.6 Å². The van der Waals surface area contributed by atoms with Crippen molar-refractivity contribution in [2.24, 2.45) is 0 Å². The number of hydrogen-bond acceptors (Lipinski definition) is 3. The fourth-order valence-corrected chi connectivity index (χ4v) is 1.24. The average molecular weight is 190 g/mol. The van der Waals surface area contributed by atoms with Crippen molar-refractivity contribution in [1.29, 1.82) is 0 Å². The van der Waals surface area contributed by atoms with Gasteiger partial charge >= 0.3 is 5.97 Å². The number of imidazole rings is 1. The quantitative estimate of drug-likeness (QED) is 0.710. The van der Waals surface area contributed by atoms with E-state index in [4.69, 9.17) is 5.11 Å². The van der Waals surface area contributed by atoms with Crippen molar-refractivity contribution >= 4 is 23.4 Å². The predicted molar refractivity (Wildman–Crippen MR) is 48.8 cm³/mol. The number of rotatable bonds is 2. The number of hydrogen-bond donors (Lipinski definition) is 1. The van der Waals surface area contributed by atoms with Gasteiger partial charge in [0.25, 0.3) is 0 Å². The fraction of sp³-hybridized carbons (Fsp3) is 0. The van der Waals surface area contributed by atoms with Crippen molar-refractivity contribution in [2.45, 2.75) is 0 Å². The van der Waals surface area contributed by atoms with Crippen LogP contribution in [0.3, 0.4) is 0 Å². The van der Waals surface area contributed by atoms with Crippen LogP contribution in [0.25, 0.3) is 11.0 Å². The molecule has 5 heteroatoms. The zero-order valence-corrected chi connectivity index (χ0v) is 7.04. The first-order chi connectivity index (χ1) is 6.72. The summed E-state index contributed by atoms with van der Waals surface area (Å²) in [6.07, 6.45) is 1.93. The van der Waals surface area contributed by atoms with Gasteiger partial charge in [-0.25, -0.2) is 9.78 Å². The third-order valence-corrected chi connectivity index (χ3v) is 1.94. The van der Waals surface area contributed by atoms with Crippen LogP contribution in [0.1, 0.15) is 10.4 Å². The predicted octanol–water partition coefficient (Wildman–Crippen LogP) is 0.773. The molecule has 0 saturated heterocycles. The van der Waals surface area contributed by atoms with Crippen molar-refractivity contribution in [3.8, 4) is 0 Å². The molecule has 0 unspecified atom stereocenters. The number of carbonyl (C=O) groups excluding carboxylic acids is 1. The summed E-state index contributed by atoms with van der Waals surface area (Å²) < 4.78 is 1.24.